The van der Waals surface area contributed by atoms with Crippen LogP contribution in [-0.2, 0) is 6.42 Å². The monoisotopic (exact) mass is 234 g/mol. The summed E-state index contributed by atoms with van der Waals surface area (Å²) in [5.41, 5.74) is 1.10. The van der Waals surface area contributed by atoms with E-state index in [9.17, 15) is 5.11 Å². The average Bonchev–Trinajstić information content (AvgIpc) is 2.36. The summed E-state index contributed by atoms with van der Waals surface area (Å²) in [4.78, 5) is 0. The minimum atomic E-state index is 0.453. The average molecular weight is 234 g/mol. The summed E-state index contributed by atoms with van der Waals surface area (Å²) in [5, 5.41) is 9.78. The van der Waals surface area contributed by atoms with Crippen LogP contribution in [0.25, 0.3) is 0 Å². The molecule has 1 nitrogen and oxygen atoms in total. The lowest BCUT2D eigenvalue weighted by Crippen LogP contribution is -2.06. The van der Waals surface area contributed by atoms with E-state index in [-0.39, 0.29) is 0 Å². The SMILES string of the molecule is CCC(C)CCC(CC)Cc1ccccc1O. The minimum absolute atomic E-state index is 0.453. The van der Waals surface area contributed by atoms with Crippen molar-refractivity contribution in [3.05, 3.63) is 29.8 Å². The molecule has 17 heavy (non-hydrogen) atoms. The van der Waals surface area contributed by atoms with Crippen molar-refractivity contribution in [2.45, 2.75) is 52.9 Å². The van der Waals surface area contributed by atoms with Gasteiger partial charge in [0.2, 0.25) is 0 Å². The number of rotatable bonds is 7. The molecule has 0 radical (unpaired) electrons. The Labute approximate surface area is 106 Å². The van der Waals surface area contributed by atoms with Gasteiger partial charge in [0.1, 0.15) is 5.75 Å². The summed E-state index contributed by atoms with van der Waals surface area (Å²) < 4.78 is 0. The highest BCUT2D eigenvalue weighted by Crippen LogP contribution is 2.25. The van der Waals surface area contributed by atoms with E-state index < -0.39 is 0 Å². The van der Waals surface area contributed by atoms with E-state index in [1.807, 2.05) is 18.2 Å². The summed E-state index contributed by atoms with van der Waals surface area (Å²) in [6.07, 6.45) is 6.07. The zero-order valence-corrected chi connectivity index (χ0v) is 11.4. The van der Waals surface area contributed by atoms with E-state index in [1.54, 1.807) is 6.07 Å². The van der Waals surface area contributed by atoms with Gasteiger partial charge in [0.05, 0.1) is 0 Å². The van der Waals surface area contributed by atoms with Gasteiger partial charge < -0.3 is 5.11 Å². The molecule has 1 aromatic carbocycles. The van der Waals surface area contributed by atoms with E-state index in [0.717, 1.165) is 17.9 Å². The van der Waals surface area contributed by atoms with Gasteiger partial charge in [-0.3, -0.25) is 0 Å². The number of hydrogen-bond acceptors (Lipinski definition) is 1. The second-order valence-corrected chi connectivity index (χ2v) is 5.20. The van der Waals surface area contributed by atoms with Gasteiger partial charge in [-0.2, -0.15) is 0 Å². The van der Waals surface area contributed by atoms with E-state index in [4.69, 9.17) is 0 Å². The maximum absolute atomic E-state index is 9.78. The molecule has 0 aliphatic heterocycles. The van der Waals surface area contributed by atoms with Crippen LogP contribution in [0.4, 0.5) is 0 Å². The van der Waals surface area contributed by atoms with Crippen LogP contribution < -0.4 is 0 Å². The minimum Gasteiger partial charge on any atom is -0.508 e. The second-order valence-electron chi connectivity index (χ2n) is 5.20. The first kappa shape index (κ1) is 14.1. The van der Waals surface area contributed by atoms with Gasteiger partial charge in [-0.15, -0.1) is 0 Å². The lowest BCUT2D eigenvalue weighted by atomic mass is 9.89. The van der Waals surface area contributed by atoms with Crippen molar-refractivity contribution >= 4 is 0 Å². The summed E-state index contributed by atoms with van der Waals surface area (Å²) in [6.45, 7) is 6.84. The van der Waals surface area contributed by atoms with Gasteiger partial charge in [0.15, 0.2) is 0 Å². The Morgan fingerprint density at radius 1 is 1.06 bits per heavy atom. The molecule has 0 fully saturated rings. The topological polar surface area (TPSA) is 20.2 Å². The Balaban J connectivity index is 2.49. The third kappa shape index (κ3) is 4.80. The van der Waals surface area contributed by atoms with Gasteiger partial charge in [0.25, 0.3) is 0 Å². The first-order valence-corrected chi connectivity index (χ1v) is 6.94. The molecule has 1 heteroatoms. The lowest BCUT2D eigenvalue weighted by Gasteiger charge is -2.17. The first-order valence-electron chi connectivity index (χ1n) is 6.94. The molecule has 2 unspecified atom stereocenters. The Bertz CT molecular complexity index is 319. The number of phenolic OH excluding ortho intramolecular Hbond substituents is 1. The fourth-order valence-electron chi connectivity index (χ4n) is 2.17. The fourth-order valence-corrected chi connectivity index (χ4v) is 2.17. The molecule has 0 saturated carbocycles. The smallest absolute Gasteiger partial charge is 0.118 e. The quantitative estimate of drug-likeness (QED) is 0.719. The molecule has 1 rings (SSSR count). The number of aromatic hydroxyl groups is 1. The first-order chi connectivity index (χ1) is 8.17. The molecule has 0 aromatic heterocycles. The number of hydrogen-bond donors (Lipinski definition) is 1. The molecule has 0 saturated heterocycles. The highest BCUT2D eigenvalue weighted by atomic mass is 16.3. The Morgan fingerprint density at radius 3 is 2.35 bits per heavy atom. The standard InChI is InChI=1S/C16H26O/c1-4-13(3)10-11-14(5-2)12-15-8-6-7-9-16(15)17/h6-9,13-14,17H,4-5,10-12H2,1-3H3. The zero-order chi connectivity index (χ0) is 12.7. The number of benzene rings is 1. The van der Waals surface area contributed by atoms with Crippen LogP contribution in [0.3, 0.4) is 0 Å². The molecule has 0 spiro atoms. The van der Waals surface area contributed by atoms with E-state index in [2.05, 4.69) is 20.8 Å². The van der Waals surface area contributed by atoms with Gasteiger partial charge in [-0.25, -0.2) is 0 Å². The molecule has 2 atom stereocenters. The summed E-state index contributed by atoms with van der Waals surface area (Å²) in [7, 11) is 0. The van der Waals surface area contributed by atoms with Crippen molar-refractivity contribution in [3.63, 3.8) is 0 Å². The molecule has 1 aromatic rings. The van der Waals surface area contributed by atoms with Crippen LogP contribution in [0, 0.1) is 11.8 Å². The molecule has 0 amide bonds. The maximum atomic E-state index is 9.78. The summed E-state index contributed by atoms with van der Waals surface area (Å²) in [5.74, 6) is 1.99. The Hall–Kier alpha value is -0.980. The van der Waals surface area contributed by atoms with Crippen LogP contribution in [0.1, 0.15) is 52.0 Å². The Morgan fingerprint density at radius 2 is 1.76 bits per heavy atom. The predicted octanol–water partition coefficient (Wildman–Crippen LogP) is 4.79. The van der Waals surface area contributed by atoms with Gasteiger partial charge >= 0.3 is 0 Å². The summed E-state index contributed by atoms with van der Waals surface area (Å²) >= 11 is 0. The molecule has 1 N–H and O–H groups in total. The largest absolute Gasteiger partial charge is 0.508 e. The van der Waals surface area contributed by atoms with Gasteiger partial charge in [0, 0.05) is 0 Å². The van der Waals surface area contributed by atoms with Gasteiger partial charge in [-0.1, -0.05) is 58.2 Å². The van der Waals surface area contributed by atoms with Crippen molar-refractivity contribution in [1.29, 1.82) is 0 Å². The van der Waals surface area contributed by atoms with Crippen molar-refractivity contribution in [3.8, 4) is 5.75 Å². The summed E-state index contributed by atoms with van der Waals surface area (Å²) in [6, 6.07) is 7.73. The normalized spacial score (nSPS) is 14.5. The van der Waals surface area contributed by atoms with Crippen molar-refractivity contribution in [1.82, 2.24) is 0 Å². The highest BCUT2D eigenvalue weighted by molar-refractivity contribution is 5.31. The van der Waals surface area contributed by atoms with E-state index in [0.29, 0.717) is 11.7 Å². The second kappa shape index (κ2) is 7.37. The zero-order valence-electron chi connectivity index (χ0n) is 11.4. The van der Waals surface area contributed by atoms with E-state index in [1.165, 1.54) is 25.7 Å². The van der Waals surface area contributed by atoms with Crippen LogP contribution in [-0.4, -0.2) is 5.11 Å². The molecule has 0 bridgehead atoms. The molecular formula is C16H26O. The molecule has 0 aliphatic carbocycles. The maximum Gasteiger partial charge on any atom is 0.118 e. The third-order valence-electron chi connectivity index (χ3n) is 3.84. The van der Waals surface area contributed by atoms with Crippen molar-refractivity contribution in [2.24, 2.45) is 11.8 Å². The fraction of sp³-hybridized carbons (Fsp3) is 0.625. The third-order valence-corrected chi connectivity index (χ3v) is 3.84. The number of phenols is 1. The van der Waals surface area contributed by atoms with Crippen LogP contribution in [0.2, 0.25) is 0 Å². The van der Waals surface area contributed by atoms with Crippen LogP contribution in [0.15, 0.2) is 24.3 Å². The molecular weight excluding hydrogens is 208 g/mol. The van der Waals surface area contributed by atoms with Crippen LogP contribution in [0.5, 0.6) is 5.75 Å². The molecule has 96 valence electrons. The lowest BCUT2D eigenvalue weighted by molar-refractivity contribution is 0.385. The molecule has 0 heterocycles. The predicted molar refractivity (Wildman–Crippen MR) is 74.3 cm³/mol. The number of para-hydroxylation sites is 1. The van der Waals surface area contributed by atoms with Crippen molar-refractivity contribution < 1.29 is 5.11 Å². The van der Waals surface area contributed by atoms with Gasteiger partial charge in [-0.05, 0) is 36.3 Å². The molecule has 0 aliphatic rings. The highest BCUT2D eigenvalue weighted by Gasteiger charge is 2.11. The van der Waals surface area contributed by atoms with E-state index >= 15 is 0 Å². The van der Waals surface area contributed by atoms with Crippen molar-refractivity contribution in [2.75, 3.05) is 0 Å². The Kier molecular flexibility index (Phi) is 6.10. The van der Waals surface area contributed by atoms with Crippen LogP contribution >= 0.6 is 0 Å².